The van der Waals surface area contributed by atoms with Crippen LogP contribution in [0.2, 0.25) is 0 Å². The highest BCUT2D eigenvalue weighted by Gasteiger charge is 2.32. The molecule has 8 heteroatoms. The highest BCUT2D eigenvalue weighted by Crippen LogP contribution is 2.20. The van der Waals surface area contributed by atoms with E-state index >= 15 is 0 Å². The molecule has 0 radical (unpaired) electrons. The first-order valence-corrected chi connectivity index (χ1v) is 9.81. The van der Waals surface area contributed by atoms with Crippen LogP contribution in [0.15, 0.2) is 30.6 Å². The molecular weight excluding hydrogens is 356 g/mol. The van der Waals surface area contributed by atoms with Gasteiger partial charge in [0.05, 0.1) is 26.1 Å². The average molecular weight is 384 g/mol. The Morgan fingerprint density at radius 1 is 1.14 bits per heavy atom. The maximum absolute atomic E-state index is 13.2. The number of carbonyl (C=O) groups excluding carboxylic acids is 1. The number of amides is 1. The Hall–Kier alpha value is -2.45. The Morgan fingerprint density at radius 2 is 1.89 bits per heavy atom. The van der Waals surface area contributed by atoms with E-state index < -0.39 is 0 Å². The van der Waals surface area contributed by atoms with Crippen molar-refractivity contribution in [2.45, 2.75) is 19.6 Å². The van der Waals surface area contributed by atoms with E-state index in [9.17, 15) is 4.79 Å². The van der Waals surface area contributed by atoms with E-state index in [1.807, 2.05) is 21.7 Å². The second-order valence-corrected chi connectivity index (χ2v) is 7.70. The zero-order valence-corrected chi connectivity index (χ0v) is 16.6. The number of ether oxygens (including phenoxy) is 1. The van der Waals surface area contributed by atoms with Crippen molar-refractivity contribution >= 4 is 5.91 Å². The van der Waals surface area contributed by atoms with Crippen molar-refractivity contribution in [3.05, 3.63) is 42.0 Å². The fourth-order valence-corrected chi connectivity index (χ4v) is 3.96. The van der Waals surface area contributed by atoms with Gasteiger partial charge in [0, 0.05) is 39.3 Å². The number of aromatic nitrogens is 3. The Labute approximate surface area is 165 Å². The van der Waals surface area contributed by atoms with Crippen LogP contribution in [0, 0.1) is 5.92 Å². The van der Waals surface area contributed by atoms with Gasteiger partial charge in [0.25, 0.3) is 0 Å². The summed E-state index contributed by atoms with van der Waals surface area (Å²) in [5.74, 6) is 1.89. The monoisotopic (exact) mass is 384 g/mol. The number of hydrogen-bond acceptors (Lipinski definition) is 6. The molecule has 8 nitrogen and oxygen atoms in total. The molecule has 0 N–H and O–H groups in total. The van der Waals surface area contributed by atoms with Crippen LogP contribution in [-0.2, 0) is 24.4 Å². The number of nitrogens with zero attached hydrogens (tertiary/aromatic N) is 6. The van der Waals surface area contributed by atoms with Crippen molar-refractivity contribution < 1.29 is 9.53 Å². The van der Waals surface area contributed by atoms with Gasteiger partial charge < -0.3 is 14.5 Å². The van der Waals surface area contributed by atoms with E-state index in [1.54, 1.807) is 13.4 Å². The largest absolute Gasteiger partial charge is 0.497 e. The lowest BCUT2D eigenvalue weighted by atomic mass is 10.1. The number of benzene rings is 1. The van der Waals surface area contributed by atoms with Gasteiger partial charge in [-0.2, -0.15) is 5.10 Å². The fraction of sp³-hybridized carbons (Fsp3) is 0.550. The Kier molecular flexibility index (Phi) is 5.59. The Morgan fingerprint density at radius 3 is 2.61 bits per heavy atom. The third-order valence-corrected chi connectivity index (χ3v) is 5.66. The van der Waals surface area contributed by atoms with Crippen LogP contribution in [0.5, 0.6) is 5.75 Å². The van der Waals surface area contributed by atoms with Crippen molar-refractivity contribution in [2.24, 2.45) is 5.92 Å². The van der Waals surface area contributed by atoms with Crippen molar-refractivity contribution in [1.29, 1.82) is 0 Å². The van der Waals surface area contributed by atoms with Crippen LogP contribution in [-0.4, -0.2) is 82.3 Å². The first-order chi connectivity index (χ1) is 13.6. The van der Waals surface area contributed by atoms with Crippen molar-refractivity contribution in [3.63, 3.8) is 0 Å². The van der Waals surface area contributed by atoms with Gasteiger partial charge >= 0.3 is 0 Å². The normalized spacial score (nSPS) is 21.2. The van der Waals surface area contributed by atoms with Crippen molar-refractivity contribution in [2.75, 3.05) is 46.9 Å². The molecule has 0 bridgehead atoms. The lowest BCUT2D eigenvalue weighted by Crippen LogP contribution is -2.50. The summed E-state index contributed by atoms with van der Waals surface area (Å²) in [5, 5.41) is 4.35. The van der Waals surface area contributed by atoms with Crippen molar-refractivity contribution in [3.8, 4) is 5.75 Å². The summed E-state index contributed by atoms with van der Waals surface area (Å²) >= 11 is 0. The number of likely N-dealkylation sites (N-methyl/N-ethyl adjacent to an activating group) is 1. The molecule has 1 aromatic carbocycles. The molecule has 0 unspecified atom stereocenters. The maximum Gasteiger partial charge on any atom is 0.228 e. The van der Waals surface area contributed by atoms with E-state index in [1.165, 1.54) is 5.56 Å². The molecule has 0 aliphatic carbocycles. The quantitative estimate of drug-likeness (QED) is 0.773. The van der Waals surface area contributed by atoms with Gasteiger partial charge in [-0.05, 0) is 24.7 Å². The number of piperazine rings is 1. The number of rotatable bonds is 4. The third kappa shape index (κ3) is 4.18. The predicted molar refractivity (Wildman–Crippen MR) is 105 cm³/mol. The summed E-state index contributed by atoms with van der Waals surface area (Å²) in [5.41, 5.74) is 1.19. The standard InChI is InChI=1S/C20H28N6O2/c1-23-7-9-25(10-8-23)20(27)17-12-24(14-19-21-15-22-26(19)13-17)11-16-3-5-18(28-2)6-4-16/h3-6,15,17H,7-14H2,1-2H3/t17-/m0/s1. The number of carbonyl (C=O) groups is 1. The van der Waals surface area contributed by atoms with Gasteiger partial charge in [-0.3, -0.25) is 9.69 Å². The first kappa shape index (κ1) is 18.9. The van der Waals surface area contributed by atoms with Crippen LogP contribution >= 0.6 is 0 Å². The molecule has 1 fully saturated rings. The molecule has 1 amide bonds. The van der Waals surface area contributed by atoms with Crippen LogP contribution in [0.3, 0.4) is 0 Å². The summed E-state index contributed by atoms with van der Waals surface area (Å²) in [6.45, 7) is 6.23. The van der Waals surface area contributed by atoms with E-state index in [2.05, 4.69) is 39.1 Å². The second-order valence-electron chi connectivity index (χ2n) is 7.70. The van der Waals surface area contributed by atoms with Gasteiger partial charge in [-0.15, -0.1) is 0 Å². The molecule has 28 heavy (non-hydrogen) atoms. The maximum atomic E-state index is 13.2. The summed E-state index contributed by atoms with van der Waals surface area (Å²) in [7, 11) is 3.77. The van der Waals surface area contributed by atoms with Gasteiger partial charge in [-0.1, -0.05) is 12.1 Å². The summed E-state index contributed by atoms with van der Waals surface area (Å²) < 4.78 is 7.15. The highest BCUT2D eigenvalue weighted by molar-refractivity contribution is 5.79. The second kappa shape index (κ2) is 8.28. The van der Waals surface area contributed by atoms with Crippen molar-refractivity contribution in [1.82, 2.24) is 29.5 Å². The van der Waals surface area contributed by atoms with Gasteiger partial charge in [0.1, 0.15) is 17.9 Å². The van der Waals surface area contributed by atoms with Crippen LogP contribution in [0.4, 0.5) is 0 Å². The fourth-order valence-electron chi connectivity index (χ4n) is 3.96. The first-order valence-electron chi connectivity index (χ1n) is 9.81. The molecule has 150 valence electrons. The molecule has 3 heterocycles. The minimum absolute atomic E-state index is 0.107. The van der Waals surface area contributed by atoms with E-state index in [0.29, 0.717) is 19.6 Å². The van der Waals surface area contributed by atoms with E-state index in [4.69, 9.17) is 4.74 Å². The number of methoxy groups -OCH3 is 1. The molecular formula is C20H28N6O2. The molecule has 0 spiro atoms. The molecule has 2 aliphatic rings. The van der Waals surface area contributed by atoms with Crippen LogP contribution < -0.4 is 4.74 Å². The SMILES string of the molecule is COc1ccc(CN2Cc3ncnn3C[C@@H](C(=O)N3CCN(C)CC3)C2)cc1. The van der Waals surface area contributed by atoms with Gasteiger partial charge in [0.15, 0.2) is 0 Å². The van der Waals surface area contributed by atoms with E-state index in [-0.39, 0.29) is 11.8 Å². The molecule has 4 rings (SSSR count). The lowest BCUT2D eigenvalue weighted by Gasteiger charge is -2.35. The minimum Gasteiger partial charge on any atom is -0.497 e. The molecule has 2 aromatic rings. The predicted octanol–water partition coefficient (Wildman–Crippen LogP) is 0.693. The summed E-state index contributed by atoms with van der Waals surface area (Å²) in [6, 6.07) is 8.10. The Bertz CT molecular complexity index is 797. The number of fused-ring (bicyclic) bond motifs is 1. The number of hydrogen-bond donors (Lipinski definition) is 0. The van der Waals surface area contributed by atoms with E-state index in [0.717, 1.165) is 44.3 Å². The molecule has 2 aliphatic heterocycles. The zero-order chi connectivity index (χ0) is 19.5. The Balaban J connectivity index is 1.50. The van der Waals surface area contributed by atoms with Gasteiger partial charge in [0.2, 0.25) is 5.91 Å². The molecule has 1 aromatic heterocycles. The minimum atomic E-state index is -0.107. The van der Waals surface area contributed by atoms with Gasteiger partial charge in [-0.25, -0.2) is 9.67 Å². The summed E-state index contributed by atoms with van der Waals surface area (Å²) in [6.07, 6.45) is 1.59. The summed E-state index contributed by atoms with van der Waals surface area (Å²) in [4.78, 5) is 24.2. The molecule has 1 atom stereocenters. The highest BCUT2D eigenvalue weighted by atomic mass is 16.5. The van der Waals surface area contributed by atoms with Crippen LogP contribution in [0.1, 0.15) is 11.4 Å². The van der Waals surface area contributed by atoms with Crippen LogP contribution in [0.25, 0.3) is 0 Å². The smallest absolute Gasteiger partial charge is 0.228 e. The topological polar surface area (TPSA) is 66.7 Å². The average Bonchev–Trinajstić information content (AvgIpc) is 3.07. The zero-order valence-electron chi connectivity index (χ0n) is 16.6. The third-order valence-electron chi connectivity index (χ3n) is 5.66. The lowest BCUT2D eigenvalue weighted by molar-refractivity contribution is -0.138. The molecule has 1 saturated heterocycles. The molecule has 0 saturated carbocycles.